The lowest BCUT2D eigenvalue weighted by Gasteiger charge is -2.03. The smallest absolute Gasteiger partial charge is 0.257 e. The number of aromatic amines is 1. The first-order valence-corrected chi connectivity index (χ1v) is 7.59. The number of hydrogen-bond acceptors (Lipinski definition) is 4. The molecule has 1 aromatic carbocycles. The van der Waals surface area contributed by atoms with Crippen molar-refractivity contribution in [3.63, 3.8) is 0 Å². The molecule has 0 aliphatic heterocycles. The Hall–Kier alpha value is -2.18. The summed E-state index contributed by atoms with van der Waals surface area (Å²) in [5.74, 6) is 0.619. The first-order chi connectivity index (χ1) is 10.3. The predicted molar refractivity (Wildman–Crippen MR) is 83.6 cm³/mol. The number of alkyl halides is 1. The lowest BCUT2D eigenvalue weighted by Crippen LogP contribution is -2.12. The molecule has 21 heavy (non-hydrogen) atoms. The highest BCUT2D eigenvalue weighted by Gasteiger charge is 2.09. The van der Waals surface area contributed by atoms with Gasteiger partial charge in [0.05, 0.1) is 11.6 Å². The van der Waals surface area contributed by atoms with E-state index in [0.29, 0.717) is 17.4 Å². The van der Waals surface area contributed by atoms with E-state index in [1.54, 1.807) is 24.5 Å². The highest BCUT2D eigenvalue weighted by atomic mass is 35.5. The minimum absolute atomic E-state index is 0.211. The number of halogens is 1. The molecule has 0 aliphatic rings. The lowest BCUT2D eigenvalue weighted by atomic mass is 10.1. The number of hydrogen-bond donors (Lipinski definition) is 2. The van der Waals surface area contributed by atoms with Gasteiger partial charge in [0, 0.05) is 28.9 Å². The maximum absolute atomic E-state index is 12.0. The molecule has 0 aliphatic carbocycles. The topological polar surface area (TPSA) is 70.7 Å². The summed E-state index contributed by atoms with van der Waals surface area (Å²) >= 11 is 7.28. The number of nitrogens with one attached hydrogen (secondary N) is 2. The Labute approximate surface area is 130 Å². The average Bonchev–Trinajstić information content (AvgIpc) is 3.18. The van der Waals surface area contributed by atoms with Crippen LogP contribution in [-0.2, 0) is 5.88 Å². The summed E-state index contributed by atoms with van der Waals surface area (Å²) < 4.78 is 0. The Balaban J connectivity index is 1.75. The van der Waals surface area contributed by atoms with E-state index in [4.69, 9.17) is 11.6 Å². The van der Waals surface area contributed by atoms with Gasteiger partial charge in [0.1, 0.15) is 5.01 Å². The number of carbonyl (C=O) groups excluding carboxylic acids is 1. The Morgan fingerprint density at radius 3 is 2.76 bits per heavy atom. The number of amides is 1. The van der Waals surface area contributed by atoms with Crippen molar-refractivity contribution < 1.29 is 4.79 Å². The number of aromatic nitrogens is 3. The van der Waals surface area contributed by atoms with Gasteiger partial charge >= 0.3 is 0 Å². The first-order valence-electron chi connectivity index (χ1n) is 6.18. The van der Waals surface area contributed by atoms with Crippen molar-refractivity contribution in [2.24, 2.45) is 0 Å². The molecule has 0 bridgehead atoms. The summed E-state index contributed by atoms with van der Waals surface area (Å²) in [6, 6.07) is 7.26. The van der Waals surface area contributed by atoms with Crippen LogP contribution in [0.3, 0.4) is 0 Å². The summed E-state index contributed by atoms with van der Waals surface area (Å²) in [5, 5.41) is 5.50. The molecule has 5 nitrogen and oxygen atoms in total. The third-order valence-corrected chi connectivity index (χ3v) is 4.03. The van der Waals surface area contributed by atoms with Crippen LogP contribution < -0.4 is 5.32 Å². The number of anilines is 1. The summed E-state index contributed by atoms with van der Waals surface area (Å²) in [6.07, 6.45) is 3.23. The van der Waals surface area contributed by atoms with E-state index in [9.17, 15) is 4.79 Å². The Morgan fingerprint density at radius 1 is 1.33 bits per heavy atom. The molecule has 0 radical (unpaired) electrons. The van der Waals surface area contributed by atoms with Gasteiger partial charge in [0.25, 0.3) is 5.91 Å². The molecule has 2 N–H and O–H groups in total. The Kier molecular flexibility index (Phi) is 3.98. The van der Waals surface area contributed by atoms with Gasteiger partial charge in [-0.2, -0.15) is 0 Å². The SMILES string of the molecule is O=C(Nc1ncc[nH]1)c1ccc(-c2nc(CCl)cs2)cc1. The molecule has 0 unspecified atom stereocenters. The number of imidazole rings is 1. The maximum atomic E-state index is 12.0. The van der Waals surface area contributed by atoms with Crippen LogP contribution in [-0.4, -0.2) is 20.9 Å². The van der Waals surface area contributed by atoms with Crippen molar-refractivity contribution in [3.8, 4) is 10.6 Å². The molecule has 0 atom stereocenters. The Morgan fingerprint density at radius 2 is 2.14 bits per heavy atom. The van der Waals surface area contributed by atoms with Gasteiger partial charge in [0.2, 0.25) is 5.95 Å². The van der Waals surface area contributed by atoms with Crippen LogP contribution in [0.1, 0.15) is 16.1 Å². The van der Waals surface area contributed by atoms with Gasteiger partial charge in [-0.1, -0.05) is 12.1 Å². The minimum atomic E-state index is -0.211. The van der Waals surface area contributed by atoms with Gasteiger partial charge in [-0.05, 0) is 12.1 Å². The number of H-pyrrole nitrogens is 1. The van der Waals surface area contributed by atoms with E-state index in [2.05, 4.69) is 20.3 Å². The van der Waals surface area contributed by atoms with Gasteiger partial charge in [-0.25, -0.2) is 9.97 Å². The van der Waals surface area contributed by atoms with E-state index in [-0.39, 0.29) is 5.91 Å². The van der Waals surface area contributed by atoms with E-state index < -0.39 is 0 Å². The van der Waals surface area contributed by atoms with Crippen molar-refractivity contribution in [2.45, 2.75) is 5.88 Å². The molecule has 0 fully saturated rings. The highest BCUT2D eigenvalue weighted by molar-refractivity contribution is 7.13. The quantitative estimate of drug-likeness (QED) is 0.723. The predicted octanol–water partition coefficient (Wildman–Crippen LogP) is 3.52. The second-order valence-electron chi connectivity index (χ2n) is 4.25. The highest BCUT2D eigenvalue weighted by Crippen LogP contribution is 2.24. The van der Waals surface area contributed by atoms with E-state index in [0.717, 1.165) is 16.3 Å². The third kappa shape index (κ3) is 3.12. The molecule has 0 spiro atoms. The molecule has 106 valence electrons. The van der Waals surface area contributed by atoms with E-state index in [1.165, 1.54) is 11.3 Å². The maximum Gasteiger partial charge on any atom is 0.257 e. The van der Waals surface area contributed by atoms with Crippen LogP contribution >= 0.6 is 22.9 Å². The number of thiazole rings is 1. The monoisotopic (exact) mass is 318 g/mol. The molecular weight excluding hydrogens is 308 g/mol. The number of carbonyl (C=O) groups is 1. The molecule has 1 amide bonds. The number of rotatable bonds is 4. The second-order valence-corrected chi connectivity index (χ2v) is 5.37. The number of nitrogens with zero attached hydrogens (tertiary/aromatic N) is 2. The standard InChI is InChI=1S/C14H11ClN4OS/c15-7-11-8-21-13(18-11)10-3-1-9(2-4-10)12(20)19-14-16-5-6-17-14/h1-6,8H,7H2,(H2,16,17,19,20). The normalized spacial score (nSPS) is 10.5. The van der Waals surface area contributed by atoms with Crippen molar-refractivity contribution >= 4 is 34.8 Å². The molecule has 3 rings (SSSR count). The van der Waals surface area contributed by atoms with E-state index in [1.807, 2.05) is 17.5 Å². The molecule has 7 heteroatoms. The van der Waals surface area contributed by atoms with Crippen LogP contribution in [0.2, 0.25) is 0 Å². The zero-order valence-corrected chi connectivity index (χ0v) is 12.4. The lowest BCUT2D eigenvalue weighted by molar-refractivity contribution is 0.102. The third-order valence-electron chi connectivity index (χ3n) is 2.81. The molecule has 3 aromatic rings. The summed E-state index contributed by atoms with van der Waals surface area (Å²) in [5.41, 5.74) is 2.38. The van der Waals surface area contributed by atoms with Crippen molar-refractivity contribution in [1.29, 1.82) is 0 Å². The minimum Gasteiger partial charge on any atom is -0.331 e. The fraction of sp³-hybridized carbons (Fsp3) is 0.0714. The van der Waals surface area contributed by atoms with Crippen molar-refractivity contribution in [3.05, 3.63) is 53.3 Å². The molecule has 0 saturated heterocycles. The van der Waals surface area contributed by atoms with Gasteiger partial charge in [0.15, 0.2) is 0 Å². The summed E-state index contributed by atoms with van der Waals surface area (Å²) in [6.45, 7) is 0. The van der Waals surface area contributed by atoms with Crippen molar-refractivity contribution in [1.82, 2.24) is 15.0 Å². The number of benzene rings is 1. The Bertz CT molecular complexity index is 737. The van der Waals surface area contributed by atoms with Crippen LogP contribution in [0, 0.1) is 0 Å². The first kappa shape index (κ1) is 13.8. The fourth-order valence-electron chi connectivity index (χ4n) is 1.78. The average molecular weight is 319 g/mol. The van der Waals surface area contributed by atoms with Crippen molar-refractivity contribution in [2.75, 3.05) is 5.32 Å². The van der Waals surface area contributed by atoms with E-state index >= 15 is 0 Å². The van der Waals surface area contributed by atoms with Crippen LogP contribution in [0.4, 0.5) is 5.95 Å². The summed E-state index contributed by atoms with van der Waals surface area (Å²) in [4.78, 5) is 23.2. The molecule has 0 saturated carbocycles. The van der Waals surface area contributed by atoms with Gasteiger partial charge in [-0.15, -0.1) is 22.9 Å². The van der Waals surface area contributed by atoms with Gasteiger partial charge in [-0.3, -0.25) is 10.1 Å². The fourth-order valence-corrected chi connectivity index (χ4v) is 2.83. The van der Waals surface area contributed by atoms with Crippen LogP contribution in [0.25, 0.3) is 10.6 Å². The van der Waals surface area contributed by atoms with Gasteiger partial charge < -0.3 is 4.98 Å². The van der Waals surface area contributed by atoms with Crippen LogP contribution in [0.5, 0.6) is 0 Å². The zero-order valence-electron chi connectivity index (χ0n) is 10.8. The zero-order chi connectivity index (χ0) is 14.7. The molecule has 2 aromatic heterocycles. The molecular formula is C14H11ClN4OS. The molecule has 2 heterocycles. The summed E-state index contributed by atoms with van der Waals surface area (Å²) in [7, 11) is 0. The van der Waals surface area contributed by atoms with Crippen LogP contribution in [0.15, 0.2) is 42.0 Å². The second kappa shape index (κ2) is 6.07. The largest absolute Gasteiger partial charge is 0.331 e.